The molecule has 0 saturated carbocycles. The molecule has 2 atom stereocenters. The molecular formula is C9H20N2O. The summed E-state index contributed by atoms with van der Waals surface area (Å²) in [6.45, 7) is 5.64. The van der Waals surface area contributed by atoms with Gasteiger partial charge in [0.05, 0.1) is 6.10 Å². The Morgan fingerprint density at radius 2 is 2.42 bits per heavy atom. The number of piperidine rings is 1. The predicted octanol–water partition coefficient (Wildman–Crippen LogP) is 0.0379. The van der Waals surface area contributed by atoms with Crippen molar-refractivity contribution in [1.29, 1.82) is 0 Å². The van der Waals surface area contributed by atoms with Crippen LogP contribution in [0.5, 0.6) is 0 Å². The number of rotatable bonds is 3. The van der Waals surface area contributed by atoms with Gasteiger partial charge in [0.15, 0.2) is 0 Å². The van der Waals surface area contributed by atoms with Crippen LogP contribution in [0.15, 0.2) is 0 Å². The molecule has 0 unspecified atom stereocenters. The molecule has 0 aliphatic carbocycles. The van der Waals surface area contributed by atoms with Gasteiger partial charge in [0.25, 0.3) is 0 Å². The third kappa shape index (κ3) is 3.09. The maximum atomic E-state index is 9.33. The van der Waals surface area contributed by atoms with Crippen LogP contribution in [0.2, 0.25) is 0 Å². The predicted molar refractivity (Wildman–Crippen MR) is 49.9 cm³/mol. The Hall–Kier alpha value is -0.120. The molecule has 0 aromatic rings. The molecule has 1 rings (SSSR count). The smallest absolute Gasteiger partial charge is 0.0789 e. The van der Waals surface area contributed by atoms with Crippen molar-refractivity contribution in [2.45, 2.75) is 25.9 Å². The zero-order valence-electron chi connectivity index (χ0n) is 7.87. The van der Waals surface area contributed by atoms with Crippen LogP contribution in [0, 0.1) is 5.92 Å². The maximum Gasteiger partial charge on any atom is 0.0789 e. The summed E-state index contributed by atoms with van der Waals surface area (Å²) < 4.78 is 0. The molecule has 1 fully saturated rings. The van der Waals surface area contributed by atoms with Gasteiger partial charge in [-0.1, -0.05) is 6.92 Å². The number of nitrogens with two attached hydrogens (primary N) is 1. The number of hydrogen-bond acceptors (Lipinski definition) is 3. The summed E-state index contributed by atoms with van der Waals surface area (Å²) in [6, 6.07) is 0. The van der Waals surface area contributed by atoms with Crippen LogP contribution < -0.4 is 5.73 Å². The zero-order valence-corrected chi connectivity index (χ0v) is 7.87. The average Bonchev–Trinajstić information content (AvgIpc) is 2.04. The minimum absolute atomic E-state index is 0.338. The van der Waals surface area contributed by atoms with E-state index in [1.807, 2.05) is 0 Å². The highest BCUT2D eigenvalue weighted by Gasteiger charge is 2.17. The lowest BCUT2D eigenvalue weighted by atomic mass is 10.00. The molecule has 0 bridgehead atoms. The van der Waals surface area contributed by atoms with Gasteiger partial charge >= 0.3 is 0 Å². The summed E-state index contributed by atoms with van der Waals surface area (Å²) in [5.74, 6) is 0.781. The summed E-state index contributed by atoms with van der Waals surface area (Å²) in [6.07, 6.45) is 2.25. The quantitative estimate of drug-likeness (QED) is 0.632. The van der Waals surface area contributed by atoms with E-state index in [1.54, 1.807) is 0 Å². The van der Waals surface area contributed by atoms with Crippen LogP contribution in [0.1, 0.15) is 19.8 Å². The first-order valence-electron chi connectivity index (χ1n) is 4.83. The normalized spacial score (nSPS) is 28.8. The first kappa shape index (κ1) is 9.96. The van der Waals surface area contributed by atoms with Crippen LogP contribution in [0.25, 0.3) is 0 Å². The van der Waals surface area contributed by atoms with E-state index in [0.29, 0.717) is 6.54 Å². The molecule has 1 aliphatic heterocycles. The molecule has 1 heterocycles. The van der Waals surface area contributed by atoms with E-state index in [1.165, 1.54) is 12.8 Å². The molecule has 72 valence electrons. The van der Waals surface area contributed by atoms with Crippen molar-refractivity contribution in [2.75, 3.05) is 26.2 Å². The SMILES string of the molecule is C[C@H]1CCCN(C[C@@H](O)CN)C1. The van der Waals surface area contributed by atoms with Crippen molar-refractivity contribution >= 4 is 0 Å². The first-order chi connectivity index (χ1) is 5.72. The molecule has 1 aliphatic rings. The molecule has 1 saturated heterocycles. The fourth-order valence-electron chi connectivity index (χ4n) is 1.83. The lowest BCUT2D eigenvalue weighted by molar-refractivity contribution is 0.0924. The third-order valence-electron chi connectivity index (χ3n) is 2.48. The second-order valence-electron chi connectivity index (χ2n) is 3.90. The molecule has 3 nitrogen and oxygen atoms in total. The van der Waals surface area contributed by atoms with Crippen molar-refractivity contribution in [3.05, 3.63) is 0 Å². The lowest BCUT2D eigenvalue weighted by Crippen LogP contribution is -2.41. The highest BCUT2D eigenvalue weighted by atomic mass is 16.3. The van der Waals surface area contributed by atoms with Gasteiger partial charge in [-0.3, -0.25) is 0 Å². The topological polar surface area (TPSA) is 49.5 Å². The second kappa shape index (κ2) is 4.80. The van der Waals surface area contributed by atoms with E-state index < -0.39 is 0 Å². The van der Waals surface area contributed by atoms with Gasteiger partial charge in [0.2, 0.25) is 0 Å². The van der Waals surface area contributed by atoms with Crippen LogP contribution in [0.4, 0.5) is 0 Å². The Kier molecular flexibility index (Phi) is 3.98. The van der Waals surface area contributed by atoms with E-state index in [9.17, 15) is 5.11 Å². The van der Waals surface area contributed by atoms with Crippen molar-refractivity contribution in [3.8, 4) is 0 Å². The number of aliphatic hydroxyl groups excluding tert-OH is 1. The number of nitrogens with zero attached hydrogens (tertiary/aromatic N) is 1. The fraction of sp³-hybridized carbons (Fsp3) is 1.00. The Morgan fingerprint density at radius 3 is 3.00 bits per heavy atom. The summed E-state index contributed by atoms with van der Waals surface area (Å²) in [5.41, 5.74) is 5.35. The molecule has 0 aromatic carbocycles. The summed E-state index contributed by atoms with van der Waals surface area (Å²) in [4.78, 5) is 2.31. The van der Waals surface area contributed by atoms with Crippen molar-refractivity contribution in [2.24, 2.45) is 11.7 Å². The zero-order chi connectivity index (χ0) is 8.97. The maximum absolute atomic E-state index is 9.33. The van der Waals surface area contributed by atoms with Crippen LogP contribution in [0.3, 0.4) is 0 Å². The van der Waals surface area contributed by atoms with Crippen molar-refractivity contribution in [1.82, 2.24) is 4.90 Å². The summed E-state index contributed by atoms with van der Waals surface area (Å²) in [7, 11) is 0. The Balaban J connectivity index is 2.22. The number of likely N-dealkylation sites (tertiary alicyclic amines) is 1. The number of aliphatic hydroxyl groups is 1. The number of hydrogen-bond donors (Lipinski definition) is 2. The van der Waals surface area contributed by atoms with E-state index in [2.05, 4.69) is 11.8 Å². The van der Waals surface area contributed by atoms with Gasteiger partial charge in [-0.15, -0.1) is 0 Å². The summed E-state index contributed by atoms with van der Waals surface area (Å²) >= 11 is 0. The van der Waals surface area contributed by atoms with Crippen molar-refractivity contribution in [3.63, 3.8) is 0 Å². The molecule has 0 aromatic heterocycles. The van der Waals surface area contributed by atoms with Crippen LogP contribution >= 0.6 is 0 Å². The Morgan fingerprint density at radius 1 is 1.67 bits per heavy atom. The minimum Gasteiger partial charge on any atom is -0.390 e. The average molecular weight is 172 g/mol. The van der Waals surface area contributed by atoms with Gasteiger partial charge in [0.1, 0.15) is 0 Å². The standard InChI is InChI=1S/C9H20N2O/c1-8-3-2-4-11(6-8)7-9(12)5-10/h8-9,12H,2-7,10H2,1H3/t8-,9-/m0/s1. The molecule has 0 amide bonds. The lowest BCUT2D eigenvalue weighted by Gasteiger charge is -2.31. The second-order valence-corrected chi connectivity index (χ2v) is 3.90. The first-order valence-corrected chi connectivity index (χ1v) is 4.83. The Labute approximate surface area is 74.5 Å². The van der Waals surface area contributed by atoms with Crippen LogP contribution in [-0.2, 0) is 0 Å². The van der Waals surface area contributed by atoms with Gasteiger partial charge in [0, 0.05) is 19.6 Å². The minimum atomic E-state index is -0.338. The highest BCUT2D eigenvalue weighted by molar-refractivity contribution is 4.72. The van der Waals surface area contributed by atoms with E-state index in [4.69, 9.17) is 5.73 Å². The molecule has 0 spiro atoms. The van der Waals surface area contributed by atoms with E-state index >= 15 is 0 Å². The van der Waals surface area contributed by atoms with Gasteiger partial charge in [-0.25, -0.2) is 0 Å². The van der Waals surface area contributed by atoms with Crippen molar-refractivity contribution < 1.29 is 5.11 Å². The molecule has 3 N–H and O–H groups in total. The van der Waals surface area contributed by atoms with E-state index in [0.717, 1.165) is 25.6 Å². The Bertz CT molecular complexity index is 130. The third-order valence-corrected chi connectivity index (χ3v) is 2.48. The molecule has 0 radical (unpaired) electrons. The summed E-state index contributed by atoms with van der Waals surface area (Å²) in [5, 5.41) is 9.33. The molecule has 12 heavy (non-hydrogen) atoms. The fourth-order valence-corrected chi connectivity index (χ4v) is 1.83. The van der Waals surface area contributed by atoms with Gasteiger partial charge in [-0.2, -0.15) is 0 Å². The van der Waals surface area contributed by atoms with E-state index in [-0.39, 0.29) is 6.10 Å². The van der Waals surface area contributed by atoms with Gasteiger partial charge < -0.3 is 15.7 Å². The number of β-amino-alcohol motifs (C(OH)–C–C–N with tert-alkyl or cyclic N) is 1. The highest BCUT2D eigenvalue weighted by Crippen LogP contribution is 2.15. The molecular weight excluding hydrogens is 152 g/mol. The largest absolute Gasteiger partial charge is 0.390 e. The molecule has 3 heteroatoms. The van der Waals surface area contributed by atoms with Gasteiger partial charge in [-0.05, 0) is 25.3 Å². The van der Waals surface area contributed by atoms with Crippen LogP contribution in [-0.4, -0.2) is 42.3 Å². The monoisotopic (exact) mass is 172 g/mol.